The molecule has 1 heterocycles. The normalized spacial score (nSPS) is 13.1. The van der Waals surface area contributed by atoms with E-state index >= 15 is 0 Å². The summed E-state index contributed by atoms with van der Waals surface area (Å²) < 4.78 is 2.64. The molecule has 0 saturated heterocycles. The minimum absolute atomic E-state index is 0.420. The second kappa shape index (κ2) is 12.5. The zero-order chi connectivity index (χ0) is 37.5. The number of hydrogen-bond donors (Lipinski definition) is 0. The lowest BCUT2D eigenvalue weighted by molar-refractivity contribution is 0.794. The van der Waals surface area contributed by atoms with Crippen LogP contribution >= 0.6 is 11.3 Å². The first-order chi connectivity index (χ1) is 28.3. The van der Waals surface area contributed by atoms with Crippen molar-refractivity contribution in [3.63, 3.8) is 0 Å². The smallest absolute Gasteiger partial charge is 0.0726 e. The zero-order valence-corrected chi connectivity index (χ0v) is 31.9. The average Bonchev–Trinajstić information content (AvgIpc) is 3.92. The Morgan fingerprint density at radius 3 is 1.67 bits per heavy atom. The molecule has 0 saturated carbocycles. The Hall–Kier alpha value is -7.00. The van der Waals surface area contributed by atoms with Gasteiger partial charge in [0.05, 0.1) is 11.1 Å². The first-order valence-electron chi connectivity index (χ1n) is 19.7. The van der Waals surface area contributed by atoms with E-state index in [-0.39, 0.29) is 0 Å². The summed E-state index contributed by atoms with van der Waals surface area (Å²) in [5, 5.41) is 2.63. The molecule has 2 heteroatoms. The molecule has 0 amide bonds. The second-order valence-corrected chi connectivity index (χ2v) is 16.2. The zero-order valence-electron chi connectivity index (χ0n) is 31.1. The standard InChI is InChI=1S/C55H35NS/c1-2-15-36(16-3-1)37-31-33-39(34-32-37)56(40-18-12-17-38(35-40)41-23-13-24-45-44-21-7-11-30-52(44)57-54(41)45)51-29-14-28-50-53(51)46-22-6-10-27-49(46)55(50)47-25-8-4-19-42(47)43-20-5-9-26-48(43)55/h1-35H. The van der Waals surface area contributed by atoms with Gasteiger partial charge in [-0.25, -0.2) is 0 Å². The number of hydrogen-bond acceptors (Lipinski definition) is 2. The fraction of sp³-hybridized carbons (Fsp3) is 0.0182. The Morgan fingerprint density at radius 1 is 0.351 bits per heavy atom. The molecule has 10 aromatic rings. The summed E-state index contributed by atoms with van der Waals surface area (Å²) in [6.07, 6.45) is 0. The van der Waals surface area contributed by atoms with E-state index in [0.29, 0.717) is 0 Å². The van der Waals surface area contributed by atoms with Gasteiger partial charge in [0.15, 0.2) is 0 Å². The van der Waals surface area contributed by atoms with Crippen molar-refractivity contribution < 1.29 is 0 Å². The Morgan fingerprint density at radius 2 is 0.895 bits per heavy atom. The molecule has 0 aliphatic heterocycles. The lowest BCUT2D eigenvalue weighted by atomic mass is 9.70. The molecule has 0 radical (unpaired) electrons. The van der Waals surface area contributed by atoms with Crippen LogP contribution in [0, 0.1) is 0 Å². The third-order valence-corrected chi connectivity index (χ3v) is 13.5. The first kappa shape index (κ1) is 32.3. The molecular formula is C55H35NS. The van der Waals surface area contributed by atoms with E-state index in [1.807, 2.05) is 11.3 Å². The monoisotopic (exact) mass is 741 g/mol. The van der Waals surface area contributed by atoms with Crippen LogP contribution in [0.3, 0.4) is 0 Å². The van der Waals surface area contributed by atoms with Crippen LogP contribution in [0.25, 0.3) is 64.7 Å². The minimum atomic E-state index is -0.420. The summed E-state index contributed by atoms with van der Waals surface area (Å²) in [4.78, 5) is 2.49. The molecule has 266 valence electrons. The molecule has 1 aromatic heterocycles. The van der Waals surface area contributed by atoms with Crippen molar-refractivity contribution in [1.29, 1.82) is 0 Å². The van der Waals surface area contributed by atoms with E-state index < -0.39 is 5.41 Å². The van der Waals surface area contributed by atoms with Crippen molar-refractivity contribution in [2.24, 2.45) is 0 Å². The summed E-state index contributed by atoms with van der Waals surface area (Å²) >= 11 is 1.88. The quantitative estimate of drug-likeness (QED) is 0.170. The van der Waals surface area contributed by atoms with Crippen molar-refractivity contribution in [3.8, 4) is 44.5 Å². The maximum Gasteiger partial charge on any atom is 0.0726 e. The van der Waals surface area contributed by atoms with Crippen LogP contribution in [-0.2, 0) is 5.41 Å². The van der Waals surface area contributed by atoms with Gasteiger partial charge in [-0.15, -0.1) is 11.3 Å². The van der Waals surface area contributed by atoms with E-state index in [1.54, 1.807) is 0 Å². The molecule has 1 spiro atoms. The fourth-order valence-electron chi connectivity index (χ4n) is 9.96. The minimum Gasteiger partial charge on any atom is -0.310 e. The van der Waals surface area contributed by atoms with Crippen LogP contribution < -0.4 is 4.90 Å². The number of rotatable bonds is 5. The van der Waals surface area contributed by atoms with Crippen molar-refractivity contribution in [3.05, 3.63) is 235 Å². The molecule has 1 nitrogen and oxygen atoms in total. The van der Waals surface area contributed by atoms with Crippen LogP contribution in [0.5, 0.6) is 0 Å². The van der Waals surface area contributed by atoms with Crippen LogP contribution in [0.4, 0.5) is 17.1 Å². The largest absolute Gasteiger partial charge is 0.310 e. The van der Waals surface area contributed by atoms with E-state index in [0.717, 1.165) is 11.4 Å². The van der Waals surface area contributed by atoms with Crippen LogP contribution in [-0.4, -0.2) is 0 Å². The fourth-order valence-corrected chi connectivity index (χ4v) is 11.2. The van der Waals surface area contributed by atoms with Gasteiger partial charge in [-0.05, 0) is 97.6 Å². The van der Waals surface area contributed by atoms with Gasteiger partial charge in [0.25, 0.3) is 0 Å². The SMILES string of the molecule is c1ccc(-c2ccc(N(c3cccc(-c4cccc5c4sc4ccccc45)c3)c3cccc4c3-c3ccccc3C43c4ccccc4-c4ccccc43)cc2)cc1. The summed E-state index contributed by atoms with van der Waals surface area (Å²) in [6.45, 7) is 0. The highest BCUT2D eigenvalue weighted by Crippen LogP contribution is 2.64. The van der Waals surface area contributed by atoms with Gasteiger partial charge in [0.2, 0.25) is 0 Å². The Bertz CT molecular complexity index is 3140. The summed E-state index contributed by atoms with van der Waals surface area (Å²) in [6, 6.07) is 78.7. The van der Waals surface area contributed by atoms with E-state index in [2.05, 4.69) is 217 Å². The van der Waals surface area contributed by atoms with Crippen molar-refractivity contribution in [2.75, 3.05) is 4.90 Å². The molecule has 0 fully saturated rings. The predicted molar refractivity (Wildman–Crippen MR) is 241 cm³/mol. The molecule has 2 aliphatic carbocycles. The summed E-state index contributed by atoms with van der Waals surface area (Å²) in [5.41, 5.74) is 18.4. The number of anilines is 3. The van der Waals surface area contributed by atoms with Crippen molar-refractivity contribution >= 4 is 48.6 Å². The van der Waals surface area contributed by atoms with Gasteiger partial charge < -0.3 is 4.90 Å². The highest BCUT2D eigenvalue weighted by molar-refractivity contribution is 7.26. The Kier molecular flexibility index (Phi) is 7.08. The maximum atomic E-state index is 2.49. The van der Waals surface area contributed by atoms with E-state index in [4.69, 9.17) is 0 Å². The molecular weight excluding hydrogens is 707 g/mol. The highest BCUT2D eigenvalue weighted by atomic mass is 32.1. The summed E-state index contributed by atoms with van der Waals surface area (Å²) in [5.74, 6) is 0. The third-order valence-electron chi connectivity index (χ3n) is 12.3. The maximum absolute atomic E-state index is 2.49. The molecule has 0 N–H and O–H groups in total. The van der Waals surface area contributed by atoms with Crippen LogP contribution in [0.2, 0.25) is 0 Å². The lowest BCUT2D eigenvalue weighted by Crippen LogP contribution is -2.26. The second-order valence-electron chi connectivity index (χ2n) is 15.2. The van der Waals surface area contributed by atoms with Gasteiger partial charge in [-0.3, -0.25) is 0 Å². The number of nitrogens with zero attached hydrogens (tertiary/aromatic N) is 1. The van der Waals surface area contributed by atoms with Gasteiger partial charge in [0.1, 0.15) is 0 Å². The van der Waals surface area contributed by atoms with Crippen LogP contribution in [0.15, 0.2) is 212 Å². The average molecular weight is 742 g/mol. The molecule has 0 unspecified atom stereocenters. The van der Waals surface area contributed by atoms with Crippen molar-refractivity contribution in [2.45, 2.75) is 5.41 Å². The molecule has 9 aromatic carbocycles. The van der Waals surface area contributed by atoms with Crippen molar-refractivity contribution in [1.82, 2.24) is 0 Å². The van der Waals surface area contributed by atoms with Gasteiger partial charge >= 0.3 is 0 Å². The number of fused-ring (bicyclic) bond motifs is 13. The Balaban J connectivity index is 1.11. The van der Waals surface area contributed by atoms with E-state index in [1.165, 1.54) is 92.6 Å². The van der Waals surface area contributed by atoms with Gasteiger partial charge in [0, 0.05) is 37.1 Å². The summed E-state index contributed by atoms with van der Waals surface area (Å²) in [7, 11) is 0. The predicted octanol–water partition coefficient (Wildman–Crippen LogP) is 15.2. The van der Waals surface area contributed by atoms with Crippen LogP contribution in [0.1, 0.15) is 22.3 Å². The third kappa shape index (κ3) is 4.62. The number of benzene rings is 9. The van der Waals surface area contributed by atoms with E-state index in [9.17, 15) is 0 Å². The first-order valence-corrected chi connectivity index (χ1v) is 20.5. The molecule has 2 aliphatic rings. The molecule has 0 bridgehead atoms. The van der Waals surface area contributed by atoms with Gasteiger partial charge in [-0.1, -0.05) is 176 Å². The lowest BCUT2D eigenvalue weighted by Gasteiger charge is -2.32. The highest BCUT2D eigenvalue weighted by Gasteiger charge is 2.52. The Labute approximate surface area is 336 Å². The molecule has 12 rings (SSSR count). The topological polar surface area (TPSA) is 3.24 Å². The molecule has 57 heavy (non-hydrogen) atoms. The number of thiophene rings is 1. The van der Waals surface area contributed by atoms with Gasteiger partial charge in [-0.2, -0.15) is 0 Å². The molecule has 0 atom stereocenters.